The van der Waals surface area contributed by atoms with Crippen LogP contribution in [0, 0.1) is 5.92 Å². The molecular weight excluding hydrogens is 142 g/mol. The van der Waals surface area contributed by atoms with E-state index in [0.717, 1.165) is 0 Å². The average molecular weight is 157 g/mol. The second kappa shape index (κ2) is 3.53. The molecule has 0 aliphatic carbocycles. The van der Waals surface area contributed by atoms with Crippen molar-refractivity contribution < 1.29 is 9.90 Å². The summed E-state index contributed by atoms with van der Waals surface area (Å²) >= 11 is 0. The number of carbonyl (C=O) groups is 1. The van der Waals surface area contributed by atoms with E-state index in [1.165, 1.54) is 6.08 Å². The summed E-state index contributed by atoms with van der Waals surface area (Å²) in [5.41, 5.74) is 4.47. The minimum Gasteiger partial charge on any atom is -0.480 e. The van der Waals surface area contributed by atoms with Gasteiger partial charge in [0.2, 0.25) is 0 Å². The first-order valence-electron chi connectivity index (χ1n) is 3.58. The van der Waals surface area contributed by atoms with Crippen molar-refractivity contribution in [3.05, 3.63) is 12.7 Å². The van der Waals surface area contributed by atoms with Crippen LogP contribution in [0.1, 0.15) is 20.3 Å². The molecule has 0 aromatic carbocycles. The molecule has 0 aliphatic rings. The van der Waals surface area contributed by atoms with E-state index < -0.39 is 11.5 Å². The summed E-state index contributed by atoms with van der Waals surface area (Å²) in [6.45, 7) is 7.05. The van der Waals surface area contributed by atoms with Gasteiger partial charge in [0.15, 0.2) is 0 Å². The lowest BCUT2D eigenvalue weighted by molar-refractivity contribution is -0.145. The molecular formula is C8H15NO2. The molecule has 0 saturated carbocycles. The molecule has 0 bridgehead atoms. The first-order chi connectivity index (χ1) is 4.95. The highest BCUT2D eigenvalue weighted by Gasteiger charge is 2.35. The van der Waals surface area contributed by atoms with Gasteiger partial charge in [0.25, 0.3) is 0 Å². The normalized spacial score (nSPS) is 16.0. The van der Waals surface area contributed by atoms with Crippen molar-refractivity contribution in [3.8, 4) is 0 Å². The molecule has 3 nitrogen and oxygen atoms in total. The highest BCUT2D eigenvalue weighted by molar-refractivity contribution is 5.79. The Hall–Kier alpha value is -0.830. The molecule has 0 unspecified atom stereocenters. The van der Waals surface area contributed by atoms with Gasteiger partial charge < -0.3 is 10.8 Å². The lowest BCUT2D eigenvalue weighted by Gasteiger charge is -2.27. The van der Waals surface area contributed by atoms with Gasteiger partial charge in [0.1, 0.15) is 5.54 Å². The minimum absolute atomic E-state index is 0.0852. The summed E-state index contributed by atoms with van der Waals surface area (Å²) in [4.78, 5) is 10.7. The quantitative estimate of drug-likeness (QED) is 0.598. The summed E-state index contributed by atoms with van der Waals surface area (Å²) < 4.78 is 0. The van der Waals surface area contributed by atoms with Gasteiger partial charge >= 0.3 is 5.97 Å². The van der Waals surface area contributed by atoms with Crippen LogP contribution >= 0.6 is 0 Å². The Morgan fingerprint density at radius 2 is 2.27 bits per heavy atom. The molecule has 0 radical (unpaired) electrons. The second-order valence-electron chi connectivity index (χ2n) is 2.99. The SMILES string of the molecule is C=CC[C@@](N)(C(=O)O)C(C)C. The maximum Gasteiger partial charge on any atom is 0.324 e. The predicted molar refractivity (Wildman–Crippen MR) is 44.2 cm³/mol. The van der Waals surface area contributed by atoms with Gasteiger partial charge in [-0.3, -0.25) is 4.79 Å². The third-order valence-corrected chi connectivity index (χ3v) is 1.91. The molecule has 0 aromatic heterocycles. The highest BCUT2D eigenvalue weighted by Crippen LogP contribution is 2.18. The summed E-state index contributed by atoms with van der Waals surface area (Å²) in [5.74, 6) is -1.05. The zero-order valence-corrected chi connectivity index (χ0v) is 7.00. The number of carboxylic acid groups (broad SMARTS) is 1. The van der Waals surface area contributed by atoms with E-state index in [4.69, 9.17) is 10.8 Å². The van der Waals surface area contributed by atoms with Gasteiger partial charge in [0.05, 0.1) is 0 Å². The van der Waals surface area contributed by atoms with Crippen LogP contribution in [0.3, 0.4) is 0 Å². The fourth-order valence-electron chi connectivity index (χ4n) is 0.809. The summed E-state index contributed by atoms with van der Waals surface area (Å²) in [6, 6.07) is 0. The van der Waals surface area contributed by atoms with Crippen molar-refractivity contribution >= 4 is 5.97 Å². The van der Waals surface area contributed by atoms with E-state index >= 15 is 0 Å². The van der Waals surface area contributed by atoms with E-state index in [-0.39, 0.29) is 5.92 Å². The van der Waals surface area contributed by atoms with Gasteiger partial charge in [-0.25, -0.2) is 0 Å². The topological polar surface area (TPSA) is 63.3 Å². The Kier molecular flexibility index (Phi) is 3.26. The van der Waals surface area contributed by atoms with Gasteiger partial charge in [-0.1, -0.05) is 19.9 Å². The molecule has 64 valence electrons. The van der Waals surface area contributed by atoms with E-state index in [9.17, 15) is 4.79 Å². The molecule has 0 aliphatic heterocycles. The maximum absolute atomic E-state index is 10.7. The molecule has 0 heterocycles. The molecule has 0 aromatic rings. The molecule has 0 rings (SSSR count). The third-order valence-electron chi connectivity index (χ3n) is 1.91. The number of hydrogen-bond acceptors (Lipinski definition) is 2. The molecule has 3 heteroatoms. The zero-order valence-electron chi connectivity index (χ0n) is 7.00. The van der Waals surface area contributed by atoms with Gasteiger partial charge in [-0.15, -0.1) is 6.58 Å². The van der Waals surface area contributed by atoms with Gasteiger partial charge in [-0.2, -0.15) is 0 Å². The number of carboxylic acids is 1. The maximum atomic E-state index is 10.7. The van der Waals surface area contributed by atoms with Crippen LogP contribution in [0.15, 0.2) is 12.7 Å². The van der Waals surface area contributed by atoms with E-state index in [1.54, 1.807) is 13.8 Å². The first-order valence-corrected chi connectivity index (χ1v) is 3.58. The van der Waals surface area contributed by atoms with E-state index in [2.05, 4.69) is 6.58 Å². The van der Waals surface area contributed by atoms with Crippen molar-refractivity contribution in [3.63, 3.8) is 0 Å². The molecule has 0 fully saturated rings. The highest BCUT2D eigenvalue weighted by atomic mass is 16.4. The van der Waals surface area contributed by atoms with E-state index in [1.807, 2.05) is 0 Å². The van der Waals surface area contributed by atoms with Crippen LogP contribution in [0.25, 0.3) is 0 Å². The van der Waals surface area contributed by atoms with E-state index in [0.29, 0.717) is 6.42 Å². The second-order valence-corrected chi connectivity index (χ2v) is 2.99. The van der Waals surface area contributed by atoms with Crippen molar-refractivity contribution in [2.24, 2.45) is 11.7 Å². The number of nitrogens with two attached hydrogens (primary N) is 1. The van der Waals surface area contributed by atoms with Crippen LogP contribution in [-0.4, -0.2) is 16.6 Å². The molecule has 1 atom stereocenters. The molecule has 0 saturated heterocycles. The van der Waals surface area contributed by atoms with Crippen molar-refractivity contribution in [1.82, 2.24) is 0 Å². The Morgan fingerprint density at radius 1 is 1.82 bits per heavy atom. The Morgan fingerprint density at radius 3 is 2.36 bits per heavy atom. The van der Waals surface area contributed by atoms with Crippen molar-refractivity contribution in [2.45, 2.75) is 25.8 Å². The van der Waals surface area contributed by atoms with Crippen molar-refractivity contribution in [1.29, 1.82) is 0 Å². The first kappa shape index (κ1) is 10.2. The molecule has 0 amide bonds. The fourth-order valence-corrected chi connectivity index (χ4v) is 0.809. The number of rotatable bonds is 4. The largest absolute Gasteiger partial charge is 0.480 e. The monoisotopic (exact) mass is 157 g/mol. The lowest BCUT2D eigenvalue weighted by atomic mass is 9.84. The minimum atomic E-state index is -1.15. The van der Waals surface area contributed by atoms with Crippen LogP contribution in [0.5, 0.6) is 0 Å². The number of hydrogen-bond donors (Lipinski definition) is 2. The number of aliphatic carboxylic acids is 1. The lowest BCUT2D eigenvalue weighted by Crippen LogP contribution is -2.52. The Bertz CT molecular complexity index is 165. The summed E-state index contributed by atoms with van der Waals surface area (Å²) in [5, 5.41) is 8.76. The van der Waals surface area contributed by atoms with Crippen LogP contribution in [0.4, 0.5) is 0 Å². The van der Waals surface area contributed by atoms with Crippen LogP contribution in [-0.2, 0) is 4.79 Å². The molecule has 11 heavy (non-hydrogen) atoms. The summed E-state index contributed by atoms with van der Waals surface area (Å²) in [6.07, 6.45) is 1.84. The molecule has 0 spiro atoms. The summed E-state index contributed by atoms with van der Waals surface area (Å²) in [7, 11) is 0. The van der Waals surface area contributed by atoms with Crippen LogP contribution in [0.2, 0.25) is 0 Å². The van der Waals surface area contributed by atoms with Gasteiger partial charge in [-0.05, 0) is 12.3 Å². The predicted octanol–water partition coefficient (Wildman–Crippen LogP) is 1.00. The van der Waals surface area contributed by atoms with Crippen molar-refractivity contribution in [2.75, 3.05) is 0 Å². The Balaban J connectivity index is 4.51. The molecule has 3 N–H and O–H groups in total. The van der Waals surface area contributed by atoms with Crippen LogP contribution < -0.4 is 5.73 Å². The zero-order chi connectivity index (χ0) is 9.07. The average Bonchev–Trinajstić information content (AvgIpc) is 1.87. The van der Waals surface area contributed by atoms with Gasteiger partial charge in [0, 0.05) is 0 Å². The standard InChI is InChI=1S/C8H15NO2/c1-4-5-8(9,6(2)3)7(10)11/h4,6H,1,5,9H2,2-3H3,(H,10,11)/t8-/m0/s1. The fraction of sp³-hybridized carbons (Fsp3) is 0.625. The smallest absolute Gasteiger partial charge is 0.324 e. The third kappa shape index (κ3) is 2.05. The Labute approximate surface area is 66.9 Å².